The molecule has 24 heavy (non-hydrogen) atoms. The van der Waals surface area contributed by atoms with Crippen LogP contribution in [0, 0.1) is 5.92 Å². The van der Waals surface area contributed by atoms with Crippen molar-refractivity contribution in [3.05, 3.63) is 23.5 Å². The van der Waals surface area contributed by atoms with Crippen LogP contribution in [0.1, 0.15) is 55.1 Å². The lowest BCUT2D eigenvalue weighted by atomic mass is 9.99. The largest absolute Gasteiger partial charge is 0.346 e. The maximum Gasteiger partial charge on any atom is 0.270 e. The molecule has 0 atom stereocenters. The van der Waals surface area contributed by atoms with Crippen molar-refractivity contribution >= 4 is 11.8 Å². The van der Waals surface area contributed by atoms with Crippen molar-refractivity contribution in [3.63, 3.8) is 0 Å². The second-order valence-corrected chi connectivity index (χ2v) is 7.41. The Bertz CT molecular complexity index is 594. The van der Waals surface area contributed by atoms with Gasteiger partial charge < -0.3 is 14.4 Å². The summed E-state index contributed by atoms with van der Waals surface area (Å²) in [6, 6.07) is 1.97. The Morgan fingerprint density at radius 1 is 1.08 bits per heavy atom. The minimum absolute atomic E-state index is 0.126. The summed E-state index contributed by atoms with van der Waals surface area (Å²) in [5.41, 5.74) is 1.83. The fraction of sp³-hybridized carbons (Fsp3) is 0.684. The van der Waals surface area contributed by atoms with Gasteiger partial charge in [0, 0.05) is 45.8 Å². The van der Waals surface area contributed by atoms with Crippen LogP contribution in [0.25, 0.3) is 0 Å². The molecule has 0 radical (unpaired) electrons. The molecule has 3 heterocycles. The fourth-order valence-electron chi connectivity index (χ4n) is 3.73. The number of hydrogen-bond donors (Lipinski definition) is 0. The predicted octanol–water partition coefficient (Wildman–Crippen LogP) is 2.45. The number of aromatic nitrogens is 1. The van der Waals surface area contributed by atoms with Crippen LogP contribution in [0.2, 0.25) is 0 Å². The van der Waals surface area contributed by atoms with Crippen molar-refractivity contribution in [2.24, 2.45) is 13.0 Å². The van der Waals surface area contributed by atoms with E-state index in [1.165, 1.54) is 0 Å². The van der Waals surface area contributed by atoms with Crippen molar-refractivity contribution in [1.82, 2.24) is 14.4 Å². The normalized spacial score (nSPS) is 19.1. The number of amides is 2. The van der Waals surface area contributed by atoms with Crippen LogP contribution in [0.5, 0.6) is 0 Å². The summed E-state index contributed by atoms with van der Waals surface area (Å²) in [7, 11) is 1.92. The van der Waals surface area contributed by atoms with Gasteiger partial charge in [0.25, 0.3) is 5.91 Å². The molecular formula is C19H29N3O2. The molecule has 0 saturated carbocycles. The van der Waals surface area contributed by atoms with Gasteiger partial charge in [-0.25, -0.2) is 0 Å². The number of carbonyl (C=O) groups is 2. The second kappa shape index (κ2) is 7.41. The second-order valence-electron chi connectivity index (χ2n) is 7.41. The Balaban J connectivity index is 1.58. The number of aryl methyl sites for hydroxylation is 2. The lowest BCUT2D eigenvalue weighted by Gasteiger charge is -2.30. The van der Waals surface area contributed by atoms with Gasteiger partial charge in [-0.1, -0.05) is 6.92 Å². The van der Waals surface area contributed by atoms with Crippen LogP contribution >= 0.6 is 0 Å². The highest BCUT2D eigenvalue weighted by Crippen LogP contribution is 2.20. The number of hydrogen-bond acceptors (Lipinski definition) is 2. The van der Waals surface area contributed by atoms with Gasteiger partial charge in [0.05, 0.1) is 0 Å². The molecule has 1 aromatic rings. The zero-order valence-corrected chi connectivity index (χ0v) is 15.0. The smallest absolute Gasteiger partial charge is 0.270 e. The number of likely N-dealkylation sites (tertiary alicyclic amines) is 2. The average Bonchev–Trinajstić information content (AvgIpc) is 3.22. The Morgan fingerprint density at radius 3 is 2.42 bits per heavy atom. The molecule has 5 nitrogen and oxygen atoms in total. The quantitative estimate of drug-likeness (QED) is 0.851. The van der Waals surface area contributed by atoms with Crippen LogP contribution in [0.4, 0.5) is 0 Å². The zero-order valence-electron chi connectivity index (χ0n) is 15.0. The number of piperidine rings is 1. The first-order valence-electron chi connectivity index (χ1n) is 9.27. The Hall–Kier alpha value is -1.78. The van der Waals surface area contributed by atoms with Gasteiger partial charge in [-0.15, -0.1) is 0 Å². The van der Waals surface area contributed by atoms with Crippen LogP contribution < -0.4 is 0 Å². The molecule has 132 valence electrons. The first-order chi connectivity index (χ1) is 11.5. The lowest BCUT2D eigenvalue weighted by Crippen LogP contribution is -2.38. The third-order valence-electron chi connectivity index (χ3n) is 5.44. The van der Waals surface area contributed by atoms with E-state index in [0.717, 1.165) is 69.0 Å². The summed E-state index contributed by atoms with van der Waals surface area (Å²) < 4.78 is 1.91. The Morgan fingerprint density at radius 2 is 1.75 bits per heavy atom. The summed E-state index contributed by atoms with van der Waals surface area (Å²) >= 11 is 0. The average molecular weight is 331 g/mol. The maximum atomic E-state index is 12.7. The summed E-state index contributed by atoms with van der Waals surface area (Å²) in [6.45, 7) is 5.78. The topological polar surface area (TPSA) is 45.6 Å². The van der Waals surface area contributed by atoms with Crippen LogP contribution in [-0.4, -0.2) is 52.4 Å². The fourth-order valence-corrected chi connectivity index (χ4v) is 3.73. The van der Waals surface area contributed by atoms with Crippen molar-refractivity contribution in [1.29, 1.82) is 0 Å². The summed E-state index contributed by atoms with van der Waals surface area (Å²) in [6.07, 6.45) is 7.69. The summed E-state index contributed by atoms with van der Waals surface area (Å²) in [5.74, 6) is 1.09. The molecule has 3 rings (SSSR count). The zero-order chi connectivity index (χ0) is 17.1. The molecule has 0 aromatic carbocycles. The molecule has 2 aliphatic heterocycles. The van der Waals surface area contributed by atoms with E-state index in [2.05, 4.69) is 6.92 Å². The minimum Gasteiger partial charge on any atom is -0.346 e. The summed E-state index contributed by atoms with van der Waals surface area (Å²) in [4.78, 5) is 28.8. The van der Waals surface area contributed by atoms with E-state index in [4.69, 9.17) is 0 Å². The molecule has 0 N–H and O–H groups in total. The molecule has 1 aromatic heterocycles. The monoisotopic (exact) mass is 331 g/mol. The van der Waals surface area contributed by atoms with E-state index in [1.54, 1.807) is 0 Å². The van der Waals surface area contributed by atoms with Crippen LogP contribution in [0.3, 0.4) is 0 Å². The molecule has 2 aliphatic rings. The molecule has 2 amide bonds. The van der Waals surface area contributed by atoms with Gasteiger partial charge >= 0.3 is 0 Å². The molecular weight excluding hydrogens is 302 g/mol. The highest BCUT2D eigenvalue weighted by Gasteiger charge is 2.24. The van der Waals surface area contributed by atoms with Gasteiger partial charge in [0.1, 0.15) is 5.69 Å². The Labute approximate surface area is 144 Å². The lowest BCUT2D eigenvalue weighted by molar-refractivity contribution is -0.130. The van der Waals surface area contributed by atoms with Gasteiger partial charge in [-0.2, -0.15) is 0 Å². The predicted molar refractivity (Wildman–Crippen MR) is 93.8 cm³/mol. The van der Waals surface area contributed by atoms with Gasteiger partial charge in [-0.05, 0) is 49.7 Å². The summed E-state index contributed by atoms with van der Waals surface area (Å²) in [5, 5.41) is 0. The van der Waals surface area contributed by atoms with Crippen molar-refractivity contribution in [2.45, 2.75) is 45.4 Å². The minimum atomic E-state index is 0.126. The van der Waals surface area contributed by atoms with E-state index in [0.29, 0.717) is 12.8 Å². The third-order valence-corrected chi connectivity index (χ3v) is 5.44. The first kappa shape index (κ1) is 17.1. The molecule has 0 bridgehead atoms. The third kappa shape index (κ3) is 3.82. The molecule has 2 saturated heterocycles. The van der Waals surface area contributed by atoms with Gasteiger partial charge in [0.15, 0.2) is 0 Å². The highest BCUT2D eigenvalue weighted by molar-refractivity contribution is 5.93. The standard InChI is InChI=1S/C19H29N3O2/c1-15-7-11-22(12-8-15)19(24)17-13-16(14-20(17)2)5-6-18(23)21-9-3-4-10-21/h13-15H,3-12H2,1-2H3. The van der Waals surface area contributed by atoms with E-state index in [9.17, 15) is 9.59 Å². The molecule has 0 aliphatic carbocycles. The molecule has 2 fully saturated rings. The van der Waals surface area contributed by atoms with E-state index in [1.807, 2.05) is 33.7 Å². The molecule has 5 heteroatoms. The number of carbonyl (C=O) groups excluding carboxylic acids is 2. The van der Waals surface area contributed by atoms with Crippen LogP contribution in [0.15, 0.2) is 12.3 Å². The van der Waals surface area contributed by atoms with Crippen molar-refractivity contribution in [2.75, 3.05) is 26.2 Å². The van der Waals surface area contributed by atoms with Gasteiger partial charge in [0.2, 0.25) is 5.91 Å². The van der Waals surface area contributed by atoms with E-state index >= 15 is 0 Å². The van der Waals surface area contributed by atoms with Gasteiger partial charge in [-0.3, -0.25) is 9.59 Å². The van der Waals surface area contributed by atoms with Crippen LogP contribution in [-0.2, 0) is 18.3 Å². The molecule has 0 spiro atoms. The first-order valence-corrected chi connectivity index (χ1v) is 9.27. The van der Waals surface area contributed by atoms with E-state index < -0.39 is 0 Å². The Kier molecular flexibility index (Phi) is 5.27. The van der Waals surface area contributed by atoms with Crippen molar-refractivity contribution < 1.29 is 9.59 Å². The van der Waals surface area contributed by atoms with Crippen molar-refractivity contribution in [3.8, 4) is 0 Å². The maximum absolute atomic E-state index is 12.7. The SMILES string of the molecule is CC1CCN(C(=O)c2cc(CCC(=O)N3CCCC3)cn2C)CC1. The number of rotatable bonds is 4. The molecule has 0 unspecified atom stereocenters. The number of nitrogens with zero attached hydrogens (tertiary/aromatic N) is 3. The van der Waals surface area contributed by atoms with E-state index in [-0.39, 0.29) is 11.8 Å². The highest BCUT2D eigenvalue weighted by atomic mass is 16.2.